The van der Waals surface area contributed by atoms with E-state index in [2.05, 4.69) is 0 Å². The van der Waals surface area contributed by atoms with E-state index < -0.39 is 29.0 Å². The molecule has 0 radical (unpaired) electrons. The number of amides is 2. The van der Waals surface area contributed by atoms with Gasteiger partial charge in [0.1, 0.15) is 0 Å². The molecule has 0 aromatic heterocycles. The fourth-order valence-electron chi connectivity index (χ4n) is 1.64. The van der Waals surface area contributed by atoms with Crippen molar-refractivity contribution in [1.29, 1.82) is 0 Å². The first-order valence-corrected chi connectivity index (χ1v) is 4.87. The number of rotatable bonds is 2. The number of hydrogen-bond donors (Lipinski definition) is 4. The molecule has 3 atom stereocenters. The largest absolute Gasteiger partial charge is 0.294 e. The first kappa shape index (κ1) is 12.0. The molecule has 0 saturated carbocycles. The molecule has 3 unspecified atom stereocenters. The zero-order valence-corrected chi connectivity index (χ0v) is 8.70. The third kappa shape index (κ3) is 2.47. The molecule has 6 nitrogen and oxygen atoms in total. The summed E-state index contributed by atoms with van der Waals surface area (Å²) < 4.78 is 0. The second-order valence-electron chi connectivity index (χ2n) is 3.26. The molecule has 1 aliphatic carbocycles. The van der Waals surface area contributed by atoms with Crippen molar-refractivity contribution in [2.75, 3.05) is 0 Å². The van der Waals surface area contributed by atoms with Crippen LogP contribution in [0.15, 0.2) is 12.2 Å². The maximum absolute atomic E-state index is 11.4. The Morgan fingerprint density at radius 2 is 1.87 bits per heavy atom. The van der Waals surface area contributed by atoms with E-state index in [1.807, 2.05) is 10.9 Å². The van der Waals surface area contributed by atoms with Crippen LogP contribution in [0.2, 0.25) is 0 Å². The maximum Gasteiger partial charge on any atom is 0.239 e. The molecule has 1 aliphatic rings. The zero-order chi connectivity index (χ0) is 11.4. The monoisotopic (exact) mass is 232 g/mol. The molecule has 7 heteroatoms. The van der Waals surface area contributed by atoms with E-state index in [1.54, 1.807) is 12.2 Å². The highest BCUT2D eigenvalue weighted by Gasteiger charge is 2.38. The molecular formula is C8H13ClN4O2. The van der Waals surface area contributed by atoms with Crippen molar-refractivity contribution in [3.63, 3.8) is 0 Å². The lowest BCUT2D eigenvalue weighted by molar-refractivity contribution is -0.134. The molecule has 84 valence electrons. The number of carbonyl (C=O) groups is 2. The van der Waals surface area contributed by atoms with E-state index in [0.29, 0.717) is 6.42 Å². The molecule has 2 amide bonds. The van der Waals surface area contributed by atoms with Gasteiger partial charge in [-0.15, -0.1) is 11.6 Å². The number of hydrogen-bond acceptors (Lipinski definition) is 4. The Labute approximate surface area is 91.9 Å². The minimum Gasteiger partial charge on any atom is -0.294 e. The summed E-state index contributed by atoms with van der Waals surface area (Å²) in [5.41, 5.74) is 4.01. The number of halogens is 1. The fourth-order valence-corrected chi connectivity index (χ4v) is 2.04. The highest BCUT2D eigenvalue weighted by atomic mass is 35.5. The second kappa shape index (κ2) is 5.11. The van der Waals surface area contributed by atoms with Crippen molar-refractivity contribution in [1.82, 2.24) is 10.9 Å². The average Bonchev–Trinajstić information content (AvgIpc) is 2.26. The molecule has 0 heterocycles. The molecule has 15 heavy (non-hydrogen) atoms. The third-order valence-corrected chi connectivity index (χ3v) is 2.83. The molecular weight excluding hydrogens is 220 g/mol. The first-order chi connectivity index (χ1) is 7.11. The first-order valence-electron chi connectivity index (χ1n) is 4.43. The molecule has 6 N–H and O–H groups in total. The number of nitrogens with two attached hydrogens (primary N) is 2. The van der Waals surface area contributed by atoms with Crippen molar-refractivity contribution in [3.05, 3.63) is 12.2 Å². The molecule has 0 aliphatic heterocycles. The van der Waals surface area contributed by atoms with Gasteiger partial charge in [0.15, 0.2) is 0 Å². The summed E-state index contributed by atoms with van der Waals surface area (Å²) >= 11 is 5.93. The van der Waals surface area contributed by atoms with Gasteiger partial charge >= 0.3 is 0 Å². The maximum atomic E-state index is 11.4. The highest BCUT2D eigenvalue weighted by molar-refractivity contribution is 6.23. The van der Waals surface area contributed by atoms with Crippen LogP contribution in [0.4, 0.5) is 0 Å². The molecule has 0 aromatic rings. The SMILES string of the molecule is NNC(=O)C1CC=CC(Cl)C1C(=O)NN. The summed E-state index contributed by atoms with van der Waals surface area (Å²) in [5.74, 6) is 7.90. The number of carbonyl (C=O) groups excluding carboxylic acids is 2. The summed E-state index contributed by atoms with van der Waals surface area (Å²) in [6.45, 7) is 0. The predicted molar refractivity (Wildman–Crippen MR) is 55.0 cm³/mol. The van der Waals surface area contributed by atoms with Gasteiger partial charge < -0.3 is 0 Å². The quantitative estimate of drug-likeness (QED) is 0.157. The van der Waals surface area contributed by atoms with Crippen LogP contribution < -0.4 is 22.5 Å². The normalized spacial score (nSPS) is 29.7. The Kier molecular flexibility index (Phi) is 4.07. The second-order valence-corrected chi connectivity index (χ2v) is 3.76. The van der Waals surface area contributed by atoms with Gasteiger partial charge in [-0.2, -0.15) is 0 Å². The van der Waals surface area contributed by atoms with Crippen LogP contribution in [-0.4, -0.2) is 17.2 Å². The van der Waals surface area contributed by atoms with E-state index in [9.17, 15) is 9.59 Å². The Bertz CT molecular complexity index is 294. The number of allylic oxidation sites excluding steroid dienone is 2. The van der Waals surface area contributed by atoms with Crippen LogP contribution in [0.5, 0.6) is 0 Å². The van der Waals surface area contributed by atoms with Crippen LogP contribution in [0.1, 0.15) is 6.42 Å². The lowest BCUT2D eigenvalue weighted by Crippen LogP contribution is -2.49. The van der Waals surface area contributed by atoms with Crippen LogP contribution in [0.25, 0.3) is 0 Å². The molecule has 0 aromatic carbocycles. The van der Waals surface area contributed by atoms with Crippen molar-refractivity contribution in [3.8, 4) is 0 Å². The zero-order valence-electron chi connectivity index (χ0n) is 7.94. The molecule has 1 rings (SSSR count). The highest BCUT2D eigenvalue weighted by Crippen LogP contribution is 2.29. The minimum atomic E-state index is -0.690. The molecule has 0 fully saturated rings. The van der Waals surface area contributed by atoms with Gasteiger partial charge in [-0.3, -0.25) is 20.4 Å². The minimum absolute atomic E-state index is 0.418. The topological polar surface area (TPSA) is 110 Å². The molecule has 0 spiro atoms. The number of hydrazine groups is 2. The summed E-state index contributed by atoms with van der Waals surface area (Å²) in [6, 6.07) is 0. The fraction of sp³-hybridized carbons (Fsp3) is 0.500. The van der Waals surface area contributed by atoms with Crippen molar-refractivity contribution >= 4 is 23.4 Å². The lowest BCUT2D eigenvalue weighted by Gasteiger charge is -2.28. The van der Waals surface area contributed by atoms with Gasteiger partial charge in [0, 0.05) is 0 Å². The lowest BCUT2D eigenvalue weighted by atomic mass is 9.81. The number of nitrogens with one attached hydrogen (secondary N) is 2. The summed E-state index contributed by atoms with van der Waals surface area (Å²) in [7, 11) is 0. The predicted octanol–water partition coefficient (Wildman–Crippen LogP) is -1.23. The summed E-state index contributed by atoms with van der Waals surface area (Å²) in [6.07, 6.45) is 3.84. The van der Waals surface area contributed by atoms with Crippen LogP contribution in [0, 0.1) is 11.8 Å². The van der Waals surface area contributed by atoms with E-state index in [1.165, 1.54) is 0 Å². The Hall–Kier alpha value is -1.11. The van der Waals surface area contributed by atoms with Gasteiger partial charge in [0.25, 0.3) is 0 Å². The van der Waals surface area contributed by atoms with Crippen LogP contribution in [-0.2, 0) is 9.59 Å². The van der Waals surface area contributed by atoms with Crippen molar-refractivity contribution in [2.24, 2.45) is 23.5 Å². The van der Waals surface area contributed by atoms with Crippen LogP contribution in [0.3, 0.4) is 0 Å². The van der Waals surface area contributed by atoms with Gasteiger partial charge in [-0.1, -0.05) is 12.2 Å². The van der Waals surface area contributed by atoms with E-state index >= 15 is 0 Å². The van der Waals surface area contributed by atoms with E-state index in [-0.39, 0.29) is 0 Å². The summed E-state index contributed by atoms with van der Waals surface area (Å²) in [5, 5.41) is -0.551. The number of alkyl halides is 1. The van der Waals surface area contributed by atoms with Gasteiger partial charge in [-0.05, 0) is 6.42 Å². The smallest absolute Gasteiger partial charge is 0.239 e. The van der Waals surface area contributed by atoms with Gasteiger partial charge in [0.2, 0.25) is 11.8 Å². The van der Waals surface area contributed by atoms with Gasteiger partial charge in [0.05, 0.1) is 17.2 Å². The van der Waals surface area contributed by atoms with Crippen LogP contribution >= 0.6 is 11.6 Å². The Morgan fingerprint density at radius 3 is 2.40 bits per heavy atom. The van der Waals surface area contributed by atoms with Crippen molar-refractivity contribution < 1.29 is 9.59 Å². The van der Waals surface area contributed by atoms with E-state index in [0.717, 1.165) is 0 Å². The average molecular weight is 233 g/mol. The van der Waals surface area contributed by atoms with Gasteiger partial charge in [-0.25, -0.2) is 11.7 Å². The Balaban J connectivity index is 2.89. The standard InChI is InChI=1S/C8H13ClN4O2/c9-5-3-1-2-4(7(14)12-10)6(5)8(15)13-11/h1,3-6H,2,10-11H2,(H,12,14)(H,13,15). The van der Waals surface area contributed by atoms with Crippen molar-refractivity contribution in [2.45, 2.75) is 11.8 Å². The third-order valence-electron chi connectivity index (χ3n) is 2.41. The molecule has 0 bridgehead atoms. The van der Waals surface area contributed by atoms with E-state index in [4.69, 9.17) is 23.3 Å². The summed E-state index contributed by atoms with van der Waals surface area (Å²) in [4.78, 5) is 22.8. The Morgan fingerprint density at radius 1 is 1.27 bits per heavy atom. The molecule has 0 saturated heterocycles.